The van der Waals surface area contributed by atoms with E-state index in [9.17, 15) is 0 Å². The van der Waals surface area contributed by atoms with E-state index in [1.54, 1.807) is 0 Å². The average molecular weight is 403 g/mol. The molecule has 30 heavy (non-hydrogen) atoms. The van der Waals surface area contributed by atoms with Gasteiger partial charge in [-0.1, -0.05) is 63.9 Å². The lowest BCUT2D eigenvalue weighted by Gasteiger charge is -2.07. The van der Waals surface area contributed by atoms with Crippen molar-refractivity contribution in [3.8, 4) is 0 Å². The van der Waals surface area contributed by atoms with Crippen LogP contribution in [-0.2, 0) is 6.42 Å². The van der Waals surface area contributed by atoms with Crippen molar-refractivity contribution >= 4 is 16.6 Å². The van der Waals surface area contributed by atoms with Gasteiger partial charge in [-0.05, 0) is 81.0 Å². The molecule has 2 aromatic rings. The third kappa shape index (κ3) is 9.00. The molecule has 0 N–H and O–H groups in total. The maximum absolute atomic E-state index is 4.59. The van der Waals surface area contributed by atoms with Crippen molar-refractivity contribution in [1.29, 1.82) is 0 Å². The molecule has 0 aliphatic carbocycles. The van der Waals surface area contributed by atoms with E-state index in [1.807, 2.05) is 57.5 Å². The van der Waals surface area contributed by atoms with Crippen LogP contribution in [0.5, 0.6) is 0 Å². The molecule has 2 nitrogen and oxygen atoms in total. The van der Waals surface area contributed by atoms with Gasteiger partial charge in [0, 0.05) is 23.5 Å². The SMILES string of the molecule is C.C/C=C\C.C=CC(=C\CC)/C(C)=C/N=C(C)C(=C)Cc1ccc2ncccc2c1. The van der Waals surface area contributed by atoms with Gasteiger partial charge < -0.3 is 0 Å². The van der Waals surface area contributed by atoms with Crippen LogP contribution in [0.3, 0.4) is 0 Å². The molecule has 160 valence electrons. The molecule has 2 rings (SSSR count). The number of hydrogen-bond donors (Lipinski definition) is 0. The molecule has 0 atom stereocenters. The first kappa shape index (κ1) is 27.0. The summed E-state index contributed by atoms with van der Waals surface area (Å²) in [5.41, 5.74) is 6.45. The van der Waals surface area contributed by atoms with Gasteiger partial charge in [-0.25, -0.2) is 0 Å². The number of allylic oxidation sites excluding steroid dienone is 7. The van der Waals surface area contributed by atoms with Crippen LogP contribution in [0.2, 0.25) is 0 Å². The molecule has 0 fully saturated rings. The van der Waals surface area contributed by atoms with Crippen LogP contribution in [0.15, 0.2) is 102 Å². The number of rotatable bonds is 7. The quantitative estimate of drug-likeness (QED) is 0.259. The second-order valence-corrected chi connectivity index (χ2v) is 6.78. The van der Waals surface area contributed by atoms with Gasteiger partial charge in [0.25, 0.3) is 0 Å². The summed E-state index contributed by atoms with van der Waals surface area (Å²) in [6.07, 6.45) is 13.5. The second-order valence-electron chi connectivity index (χ2n) is 6.78. The van der Waals surface area contributed by atoms with Gasteiger partial charge >= 0.3 is 0 Å². The van der Waals surface area contributed by atoms with Crippen LogP contribution < -0.4 is 0 Å². The van der Waals surface area contributed by atoms with E-state index < -0.39 is 0 Å². The first-order chi connectivity index (χ1) is 14.0. The minimum Gasteiger partial charge on any atom is -0.261 e. The Hall–Kier alpha value is -3.00. The van der Waals surface area contributed by atoms with Crippen LogP contribution in [0.4, 0.5) is 0 Å². The van der Waals surface area contributed by atoms with E-state index in [2.05, 4.69) is 67.3 Å². The number of fused-ring (bicyclic) bond motifs is 1. The minimum atomic E-state index is 0. The fourth-order valence-corrected chi connectivity index (χ4v) is 2.59. The molecule has 0 saturated heterocycles. The number of aromatic nitrogens is 1. The van der Waals surface area contributed by atoms with Gasteiger partial charge in [0.2, 0.25) is 0 Å². The minimum absolute atomic E-state index is 0. The number of nitrogens with zero attached hydrogens (tertiary/aromatic N) is 2. The van der Waals surface area contributed by atoms with E-state index in [4.69, 9.17) is 0 Å². The molecule has 0 unspecified atom stereocenters. The Bertz CT molecular complexity index is 936. The van der Waals surface area contributed by atoms with Crippen LogP contribution in [0.25, 0.3) is 10.9 Å². The van der Waals surface area contributed by atoms with Crippen LogP contribution in [-0.4, -0.2) is 10.7 Å². The maximum Gasteiger partial charge on any atom is 0.0702 e. The summed E-state index contributed by atoms with van der Waals surface area (Å²) in [6.45, 7) is 18.2. The Morgan fingerprint density at radius 2 is 1.83 bits per heavy atom. The molecule has 0 saturated carbocycles. The summed E-state index contributed by atoms with van der Waals surface area (Å²) in [5, 5.41) is 1.15. The van der Waals surface area contributed by atoms with Crippen molar-refractivity contribution in [2.75, 3.05) is 0 Å². The smallest absolute Gasteiger partial charge is 0.0702 e. The fraction of sp³-hybridized carbons (Fsp3) is 0.286. The summed E-state index contributed by atoms with van der Waals surface area (Å²) in [5.74, 6) is 0. The highest BCUT2D eigenvalue weighted by molar-refractivity contribution is 5.98. The zero-order valence-electron chi connectivity index (χ0n) is 18.6. The Labute approximate surface area is 184 Å². The summed E-state index contributed by atoms with van der Waals surface area (Å²) >= 11 is 0. The number of pyridine rings is 1. The predicted molar refractivity (Wildman–Crippen MR) is 137 cm³/mol. The molecule has 1 heterocycles. The maximum atomic E-state index is 4.59. The van der Waals surface area contributed by atoms with E-state index >= 15 is 0 Å². The van der Waals surface area contributed by atoms with Crippen molar-refractivity contribution < 1.29 is 0 Å². The molecular formula is C28H38N2. The number of benzene rings is 1. The van der Waals surface area contributed by atoms with Gasteiger partial charge in [-0.15, -0.1) is 0 Å². The highest BCUT2D eigenvalue weighted by Gasteiger charge is 2.03. The van der Waals surface area contributed by atoms with Crippen molar-refractivity contribution in [3.63, 3.8) is 0 Å². The first-order valence-corrected chi connectivity index (χ1v) is 10.1. The monoisotopic (exact) mass is 402 g/mol. The Morgan fingerprint density at radius 3 is 2.43 bits per heavy atom. The highest BCUT2D eigenvalue weighted by Crippen LogP contribution is 2.17. The lowest BCUT2D eigenvalue weighted by atomic mass is 10.0. The van der Waals surface area contributed by atoms with E-state index in [0.717, 1.165) is 46.2 Å². The molecular weight excluding hydrogens is 364 g/mol. The summed E-state index contributed by atoms with van der Waals surface area (Å²) < 4.78 is 0. The van der Waals surface area contributed by atoms with E-state index in [0.29, 0.717) is 0 Å². The zero-order chi connectivity index (χ0) is 21.6. The molecule has 2 heteroatoms. The molecule has 0 spiro atoms. The van der Waals surface area contributed by atoms with Crippen molar-refractivity contribution in [3.05, 3.63) is 102 Å². The molecule has 0 aliphatic heterocycles. The summed E-state index contributed by atoms with van der Waals surface area (Å²) in [7, 11) is 0. The molecule has 0 bridgehead atoms. The summed E-state index contributed by atoms with van der Waals surface area (Å²) in [6, 6.07) is 10.4. The Balaban J connectivity index is 0.00000154. The number of hydrogen-bond acceptors (Lipinski definition) is 2. The highest BCUT2D eigenvalue weighted by atomic mass is 14.7. The molecule has 0 amide bonds. The van der Waals surface area contributed by atoms with Gasteiger partial charge in [-0.3, -0.25) is 9.98 Å². The molecule has 1 aromatic carbocycles. The van der Waals surface area contributed by atoms with Crippen LogP contribution in [0, 0.1) is 0 Å². The van der Waals surface area contributed by atoms with E-state index in [-0.39, 0.29) is 7.43 Å². The van der Waals surface area contributed by atoms with Crippen molar-refractivity contribution in [1.82, 2.24) is 4.98 Å². The lowest BCUT2D eigenvalue weighted by Crippen LogP contribution is -2.00. The largest absolute Gasteiger partial charge is 0.261 e. The third-order valence-corrected chi connectivity index (χ3v) is 4.48. The standard InChI is InChI=1S/C23H26N2.C4H8.CH4/c1-6-9-21(7-2)18(4)16-25-19(5)17(3)14-20-11-12-23-22(15-20)10-8-13-24-23;1-3-4-2;/h7-13,15-16H,2-3,6,14H2,1,4-5H3;3-4H,1-2H3;1H4/b18-16+,21-9+,25-19?;4-3-;. The molecule has 1 aromatic heterocycles. The number of aliphatic imine (C=N–C) groups is 1. The van der Waals surface area contributed by atoms with Crippen LogP contribution in [0.1, 0.15) is 54.0 Å². The van der Waals surface area contributed by atoms with Crippen molar-refractivity contribution in [2.45, 2.75) is 54.9 Å². The third-order valence-electron chi connectivity index (χ3n) is 4.48. The first-order valence-electron chi connectivity index (χ1n) is 10.1. The predicted octanol–water partition coefficient (Wildman–Crippen LogP) is 8.44. The normalized spacial score (nSPS) is 12.2. The summed E-state index contributed by atoms with van der Waals surface area (Å²) in [4.78, 5) is 8.95. The molecule has 0 aliphatic rings. The lowest BCUT2D eigenvalue weighted by molar-refractivity contribution is 1.19. The average Bonchev–Trinajstić information content (AvgIpc) is 2.75. The fourth-order valence-electron chi connectivity index (χ4n) is 2.59. The van der Waals surface area contributed by atoms with Gasteiger partial charge in [-0.2, -0.15) is 0 Å². The second kappa shape index (κ2) is 14.9. The topological polar surface area (TPSA) is 25.2 Å². The van der Waals surface area contributed by atoms with Crippen molar-refractivity contribution in [2.24, 2.45) is 4.99 Å². The van der Waals surface area contributed by atoms with Gasteiger partial charge in [0.05, 0.1) is 5.52 Å². The van der Waals surface area contributed by atoms with Crippen LogP contribution >= 0.6 is 0 Å². The van der Waals surface area contributed by atoms with Gasteiger partial charge in [0.15, 0.2) is 0 Å². The molecule has 0 radical (unpaired) electrons. The van der Waals surface area contributed by atoms with Gasteiger partial charge in [0.1, 0.15) is 0 Å². The Kier molecular flexibility index (Phi) is 13.4. The van der Waals surface area contributed by atoms with E-state index in [1.165, 1.54) is 5.56 Å². The zero-order valence-corrected chi connectivity index (χ0v) is 18.6. The Morgan fingerprint density at radius 1 is 1.13 bits per heavy atom.